The second-order valence-electron chi connectivity index (χ2n) is 7.28. The standard InChI is InChI=1S/C23H33N5O2.HI/c1-4-24-23(26-16-19-10-8-12-25-22(19)30-3)27-17-21(28-13-5-6-14-28)18-9-7-11-20(15-18)29-2;/h7-12,15,21H,4-6,13-14,16-17H2,1-3H3,(H2,24,26,27);1H. The third-order valence-corrected chi connectivity index (χ3v) is 5.32. The number of pyridine rings is 1. The summed E-state index contributed by atoms with van der Waals surface area (Å²) in [4.78, 5) is 11.5. The quantitative estimate of drug-likeness (QED) is 0.288. The Bertz CT molecular complexity index is 827. The second-order valence-corrected chi connectivity index (χ2v) is 7.28. The van der Waals surface area contributed by atoms with E-state index >= 15 is 0 Å². The van der Waals surface area contributed by atoms with Gasteiger partial charge >= 0.3 is 0 Å². The lowest BCUT2D eigenvalue weighted by Crippen LogP contribution is -2.42. The number of methoxy groups -OCH3 is 2. The summed E-state index contributed by atoms with van der Waals surface area (Å²) >= 11 is 0. The predicted octanol–water partition coefficient (Wildman–Crippen LogP) is 3.61. The van der Waals surface area contributed by atoms with Crippen molar-refractivity contribution >= 4 is 29.9 Å². The van der Waals surface area contributed by atoms with E-state index in [1.54, 1.807) is 20.4 Å². The average Bonchev–Trinajstić information content (AvgIpc) is 3.32. The van der Waals surface area contributed by atoms with Gasteiger partial charge in [0.05, 0.1) is 26.8 Å². The van der Waals surface area contributed by atoms with Crippen molar-refractivity contribution in [2.75, 3.05) is 40.4 Å². The van der Waals surface area contributed by atoms with Crippen LogP contribution in [0.4, 0.5) is 0 Å². The zero-order valence-corrected chi connectivity index (χ0v) is 21.0. The summed E-state index contributed by atoms with van der Waals surface area (Å²) in [6.45, 7) is 6.36. The molecule has 0 bridgehead atoms. The van der Waals surface area contributed by atoms with E-state index in [1.165, 1.54) is 18.4 Å². The summed E-state index contributed by atoms with van der Waals surface area (Å²) in [6.07, 6.45) is 4.22. The van der Waals surface area contributed by atoms with Crippen LogP contribution in [0.3, 0.4) is 0 Å². The van der Waals surface area contributed by atoms with Gasteiger partial charge in [-0.15, -0.1) is 24.0 Å². The van der Waals surface area contributed by atoms with E-state index in [2.05, 4.69) is 45.6 Å². The van der Waals surface area contributed by atoms with Crippen LogP contribution < -0.4 is 20.1 Å². The number of ether oxygens (including phenoxy) is 2. The molecule has 1 unspecified atom stereocenters. The summed E-state index contributed by atoms with van der Waals surface area (Å²) < 4.78 is 10.8. The first-order valence-corrected chi connectivity index (χ1v) is 10.6. The molecule has 1 aliphatic heterocycles. The van der Waals surface area contributed by atoms with Crippen molar-refractivity contribution in [1.29, 1.82) is 0 Å². The Morgan fingerprint density at radius 2 is 1.94 bits per heavy atom. The topological polar surface area (TPSA) is 71.0 Å². The maximum atomic E-state index is 5.45. The smallest absolute Gasteiger partial charge is 0.218 e. The van der Waals surface area contributed by atoms with Gasteiger partial charge in [-0.05, 0) is 56.6 Å². The van der Waals surface area contributed by atoms with Gasteiger partial charge in [0.15, 0.2) is 5.96 Å². The van der Waals surface area contributed by atoms with Gasteiger partial charge in [-0.1, -0.05) is 18.2 Å². The molecule has 1 aromatic heterocycles. The highest BCUT2D eigenvalue weighted by molar-refractivity contribution is 14.0. The van der Waals surface area contributed by atoms with E-state index in [-0.39, 0.29) is 30.0 Å². The highest BCUT2D eigenvalue weighted by Gasteiger charge is 2.24. The normalized spacial score (nSPS) is 15.1. The Morgan fingerprint density at radius 1 is 1.13 bits per heavy atom. The molecular formula is C23H34IN5O2. The molecule has 1 atom stereocenters. The van der Waals surface area contributed by atoms with Gasteiger partial charge in [0.2, 0.25) is 5.88 Å². The summed E-state index contributed by atoms with van der Waals surface area (Å²) in [5.41, 5.74) is 2.22. The van der Waals surface area contributed by atoms with Crippen LogP contribution in [-0.2, 0) is 6.54 Å². The number of benzene rings is 1. The minimum Gasteiger partial charge on any atom is -0.497 e. The van der Waals surface area contributed by atoms with Gasteiger partial charge in [-0.3, -0.25) is 4.90 Å². The van der Waals surface area contributed by atoms with Crippen molar-refractivity contribution in [2.24, 2.45) is 4.99 Å². The summed E-state index contributed by atoms with van der Waals surface area (Å²) in [7, 11) is 3.35. The summed E-state index contributed by atoms with van der Waals surface area (Å²) in [6, 6.07) is 12.5. The fourth-order valence-electron chi connectivity index (χ4n) is 3.79. The molecule has 31 heavy (non-hydrogen) atoms. The predicted molar refractivity (Wildman–Crippen MR) is 136 cm³/mol. The summed E-state index contributed by atoms with van der Waals surface area (Å²) in [5.74, 6) is 2.29. The lowest BCUT2D eigenvalue weighted by Gasteiger charge is -2.29. The molecule has 170 valence electrons. The number of nitrogens with one attached hydrogen (secondary N) is 2. The van der Waals surface area contributed by atoms with Gasteiger partial charge in [0, 0.05) is 24.8 Å². The molecular weight excluding hydrogens is 505 g/mol. The lowest BCUT2D eigenvalue weighted by molar-refractivity contribution is 0.245. The molecule has 1 saturated heterocycles. The Balaban J connectivity index is 0.00000341. The number of likely N-dealkylation sites (tertiary alicyclic amines) is 1. The molecule has 1 aromatic carbocycles. The van der Waals surface area contributed by atoms with E-state index in [0.717, 1.165) is 43.5 Å². The van der Waals surface area contributed by atoms with Gasteiger partial charge in [-0.25, -0.2) is 9.98 Å². The maximum Gasteiger partial charge on any atom is 0.218 e. The minimum atomic E-state index is 0. The Kier molecular flexibility index (Phi) is 10.9. The van der Waals surface area contributed by atoms with Gasteiger partial charge in [0.1, 0.15) is 5.75 Å². The van der Waals surface area contributed by atoms with Crippen LogP contribution >= 0.6 is 24.0 Å². The van der Waals surface area contributed by atoms with Crippen molar-refractivity contribution in [3.8, 4) is 11.6 Å². The largest absolute Gasteiger partial charge is 0.497 e. The molecule has 1 aliphatic rings. The van der Waals surface area contributed by atoms with Crippen LogP contribution in [-0.4, -0.2) is 56.2 Å². The SMILES string of the molecule is CCNC(=NCc1cccnc1OC)NCC(c1cccc(OC)c1)N1CCCC1.I. The van der Waals surface area contributed by atoms with Crippen LogP contribution in [0.1, 0.15) is 36.9 Å². The fraction of sp³-hybridized carbons (Fsp3) is 0.478. The van der Waals surface area contributed by atoms with Crippen molar-refractivity contribution in [3.05, 3.63) is 53.7 Å². The first-order chi connectivity index (χ1) is 14.7. The molecule has 0 radical (unpaired) electrons. The molecule has 1 fully saturated rings. The lowest BCUT2D eigenvalue weighted by atomic mass is 10.1. The highest BCUT2D eigenvalue weighted by Crippen LogP contribution is 2.27. The van der Waals surface area contributed by atoms with E-state index in [0.29, 0.717) is 12.4 Å². The molecule has 7 nitrogen and oxygen atoms in total. The molecule has 0 spiro atoms. The number of hydrogen-bond acceptors (Lipinski definition) is 5. The maximum absolute atomic E-state index is 5.45. The highest BCUT2D eigenvalue weighted by atomic mass is 127. The zero-order valence-electron chi connectivity index (χ0n) is 18.6. The molecule has 2 heterocycles. The first kappa shape index (κ1) is 25.2. The molecule has 3 rings (SSSR count). The van der Waals surface area contributed by atoms with Crippen molar-refractivity contribution in [2.45, 2.75) is 32.4 Å². The average molecular weight is 539 g/mol. The van der Waals surface area contributed by atoms with E-state index < -0.39 is 0 Å². The Hall–Kier alpha value is -2.07. The van der Waals surface area contributed by atoms with E-state index in [1.807, 2.05) is 18.2 Å². The third-order valence-electron chi connectivity index (χ3n) is 5.32. The third kappa shape index (κ3) is 7.24. The molecule has 0 saturated carbocycles. The Morgan fingerprint density at radius 3 is 2.65 bits per heavy atom. The zero-order chi connectivity index (χ0) is 21.2. The van der Waals surface area contributed by atoms with Gasteiger partial charge in [-0.2, -0.15) is 0 Å². The van der Waals surface area contributed by atoms with Crippen LogP contribution in [0.25, 0.3) is 0 Å². The van der Waals surface area contributed by atoms with Gasteiger partial charge in [0.25, 0.3) is 0 Å². The molecule has 0 amide bonds. The number of nitrogens with zero attached hydrogens (tertiary/aromatic N) is 3. The summed E-state index contributed by atoms with van der Waals surface area (Å²) in [5, 5.41) is 6.88. The number of guanidine groups is 1. The first-order valence-electron chi connectivity index (χ1n) is 10.6. The van der Waals surface area contributed by atoms with Crippen molar-refractivity contribution in [3.63, 3.8) is 0 Å². The molecule has 0 aliphatic carbocycles. The number of aromatic nitrogens is 1. The van der Waals surface area contributed by atoms with E-state index in [9.17, 15) is 0 Å². The molecule has 2 N–H and O–H groups in total. The van der Waals surface area contributed by atoms with Crippen molar-refractivity contribution < 1.29 is 9.47 Å². The van der Waals surface area contributed by atoms with Gasteiger partial charge < -0.3 is 20.1 Å². The minimum absolute atomic E-state index is 0. The van der Waals surface area contributed by atoms with Crippen LogP contribution in [0.15, 0.2) is 47.6 Å². The number of aliphatic imine (C=N–C) groups is 1. The molecule has 8 heteroatoms. The number of halogens is 1. The van der Waals surface area contributed by atoms with Crippen LogP contribution in [0.5, 0.6) is 11.6 Å². The number of rotatable bonds is 9. The fourth-order valence-corrected chi connectivity index (χ4v) is 3.79. The van der Waals surface area contributed by atoms with E-state index in [4.69, 9.17) is 14.5 Å². The van der Waals surface area contributed by atoms with Crippen LogP contribution in [0.2, 0.25) is 0 Å². The second kappa shape index (κ2) is 13.4. The Labute approximate surface area is 202 Å². The monoisotopic (exact) mass is 539 g/mol. The molecule has 2 aromatic rings. The number of hydrogen-bond donors (Lipinski definition) is 2. The van der Waals surface area contributed by atoms with Crippen LogP contribution in [0, 0.1) is 0 Å². The van der Waals surface area contributed by atoms with Crippen molar-refractivity contribution in [1.82, 2.24) is 20.5 Å².